The Hall–Kier alpha value is -3.24. The third-order valence-electron chi connectivity index (χ3n) is 4.86. The third kappa shape index (κ3) is 5.14. The van der Waals surface area contributed by atoms with E-state index in [4.69, 9.17) is 0 Å². The zero-order valence-electron chi connectivity index (χ0n) is 17.9. The summed E-state index contributed by atoms with van der Waals surface area (Å²) in [5.74, 6) is -0.289. The van der Waals surface area contributed by atoms with Gasteiger partial charge in [0.2, 0.25) is 5.91 Å². The van der Waals surface area contributed by atoms with E-state index in [0.29, 0.717) is 17.1 Å². The van der Waals surface area contributed by atoms with Crippen LogP contribution in [0, 0.1) is 0 Å². The number of nitrogens with zero attached hydrogens (tertiary/aromatic N) is 4. The van der Waals surface area contributed by atoms with Crippen LogP contribution in [-0.2, 0) is 17.9 Å². The fraction of sp³-hybridized carbons (Fsp3) is 0.273. The Balaban J connectivity index is 1.35. The second-order valence-corrected chi connectivity index (χ2v) is 9.12. The number of anilines is 2. The van der Waals surface area contributed by atoms with E-state index < -0.39 is 0 Å². The SMILES string of the molecule is CCN(CC)c1nc2sc(C(=O)NCc3cccc(NC(=O)Cn4cccn4)c3)cc2s1. The van der Waals surface area contributed by atoms with Crippen molar-refractivity contribution in [2.75, 3.05) is 23.3 Å². The van der Waals surface area contributed by atoms with Crippen LogP contribution in [0.4, 0.5) is 10.8 Å². The molecule has 0 atom stereocenters. The molecule has 0 aliphatic carbocycles. The Morgan fingerprint density at radius 3 is 2.69 bits per heavy atom. The maximum Gasteiger partial charge on any atom is 0.261 e. The summed E-state index contributed by atoms with van der Waals surface area (Å²) in [5.41, 5.74) is 1.58. The van der Waals surface area contributed by atoms with Crippen molar-refractivity contribution in [3.8, 4) is 0 Å². The van der Waals surface area contributed by atoms with Crippen molar-refractivity contribution in [3.63, 3.8) is 0 Å². The molecule has 1 aromatic carbocycles. The molecule has 0 bridgehead atoms. The molecule has 0 saturated carbocycles. The van der Waals surface area contributed by atoms with Crippen molar-refractivity contribution in [2.24, 2.45) is 0 Å². The molecule has 0 aliphatic rings. The van der Waals surface area contributed by atoms with Gasteiger partial charge in [0.1, 0.15) is 11.4 Å². The molecule has 0 aliphatic heterocycles. The van der Waals surface area contributed by atoms with Crippen molar-refractivity contribution in [2.45, 2.75) is 26.9 Å². The highest BCUT2D eigenvalue weighted by Crippen LogP contribution is 2.34. The van der Waals surface area contributed by atoms with E-state index in [0.717, 1.165) is 33.3 Å². The van der Waals surface area contributed by atoms with Gasteiger partial charge in [-0.2, -0.15) is 5.10 Å². The molecular formula is C22H24N6O2S2. The van der Waals surface area contributed by atoms with Crippen molar-refractivity contribution in [3.05, 3.63) is 59.2 Å². The lowest BCUT2D eigenvalue weighted by atomic mass is 10.2. The predicted octanol–water partition coefficient (Wildman–Crippen LogP) is 3.97. The van der Waals surface area contributed by atoms with E-state index in [1.54, 1.807) is 34.5 Å². The summed E-state index contributed by atoms with van der Waals surface area (Å²) in [5, 5.41) is 10.8. The van der Waals surface area contributed by atoms with Crippen LogP contribution >= 0.6 is 22.7 Å². The van der Waals surface area contributed by atoms with E-state index in [9.17, 15) is 9.59 Å². The molecule has 2 N–H and O–H groups in total. The molecule has 3 aromatic heterocycles. The van der Waals surface area contributed by atoms with Gasteiger partial charge >= 0.3 is 0 Å². The van der Waals surface area contributed by atoms with Crippen molar-refractivity contribution >= 4 is 54.8 Å². The average molecular weight is 469 g/mol. The van der Waals surface area contributed by atoms with Crippen LogP contribution in [0.5, 0.6) is 0 Å². The van der Waals surface area contributed by atoms with E-state index in [-0.39, 0.29) is 18.4 Å². The number of rotatable bonds is 9. The lowest BCUT2D eigenvalue weighted by Gasteiger charge is -2.16. The van der Waals surface area contributed by atoms with E-state index in [2.05, 4.69) is 39.5 Å². The second kappa shape index (κ2) is 9.92. The number of amides is 2. The summed E-state index contributed by atoms with van der Waals surface area (Å²) in [6.45, 7) is 6.55. The van der Waals surface area contributed by atoms with Gasteiger partial charge in [-0.25, -0.2) is 4.98 Å². The number of fused-ring (bicyclic) bond motifs is 1. The molecule has 4 rings (SSSR count). The number of hydrogen-bond donors (Lipinski definition) is 2. The summed E-state index contributed by atoms with van der Waals surface area (Å²) in [6.07, 6.45) is 3.37. The summed E-state index contributed by atoms with van der Waals surface area (Å²) in [6, 6.07) is 11.1. The number of thiophene rings is 1. The third-order valence-corrected chi connectivity index (χ3v) is 7.08. The van der Waals surface area contributed by atoms with Crippen LogP contribution in [0.15, 0.2) is 48.8 Å². The van der Waals surface area contributed by atoms with E-state index in [1.807, 2.05) is 30.3 Å². The van der Waals surface area contributed by atoms with Crippen LogP contribution in [0.2, 0.25) is 0 Å². The highest BCUT2D eigenvalue weighted by atomic mass is 32.1. The zero-order chi connectivity index (χ0) is 22.5. The molecule has 10 heteroatoms. The fourth-order valence-electron chi connectivity index (χ4n) is 3.24. The van der Waals surface area contributed by atoms with Crippen molar-refractivity contribution in [1.82, 2.24) is 20.1 Å². The fourth-order valence-corrected chi connectivity index (χ4v) is 5.49. The average Bonchev–Trinajstić information content (AvgIpc) is 3.50. The van der Waals surface area contributed by atoms with Crippen molar-refractivity contribution in [1.29, 1.82) is 0 Å². The minimum absolute atomic E-state index is 0.127. The number of benzene rings is 1. The molecule has 3 heterocycles. The minimum atomic E-state index is -0.162. The maximum absolute atomic E-state index is 12.6. The summed E-state index contributed by atoms with van der Waals surface area (Å²) in [7, 11) is 0. The second-order valence-electron chi connectivity index (χ2n) is 7.08. The van der Waals surface area contributed by atoms with E-state index >= 15 is 0 Å². The largest absolute Gasteiger partial charge is 0.349 e. The van der Waals surface area contributed by atoms with Gasteiger partial charge in [-0.1, -0.05) is 23.5 Å². The first kappa shape index (κ1) is 22.0. The quantitative estimate of drug-likeness (QED) is 0.388. The zero-order valence-corrected chi connectivity index (χ0v) is 19.5. The number of nitrogens with one attached hydrogen (secondary N) is 2. The number of carbonyl (C=O) groups excluding carboxylic acids is 2. The molecule has 166 valence electrons. The lowest BCUT2D eigenvalue weighted by Crippen LogP contribution is -2.22. The molecule has 8 nitrogen and oxygen atoms in total. The minimum Gasteiger partial charge on any atom is -0.349 e. The molecule has 0 spiro atoms. The van der Waals surface area contributed by atoms with Gasteiger partial charge in [-0.3, -0.25) is 14.3 Å². The first-order valence-electron chi connectivity index (χ1n) is 10.4. The van der Waals surface area contributed by atoms with Gasteiger partial charge in [-0.15, -0.1) is 11.3 Å². The van der Waals surface area contributed by atoms with Gasteiger partial charge in [0, 0.05) is 37.7 Å². The summed E-state index contributed by atoms with van der Waals surface area (Å²) < 4.78 is 2.59. The molecule has 0 saturated heterocycles. The Bertz CT molecular complexity index is 1180. The van der Waals surface area contributed by atoms with Gasteiger partial charge in [-0.05, 0) is 43.7 Å². The number of thiazole rings is 1. The monoisotopic (exact) mass is 468 g/mol. The van der Waals surface area contributed by atoms with Crippen LogP contribution in [0.25, 0.3) is 9.53 Å². The van der Waals surface area contributed by atoms with E-state index in [1.165, 1.54) is 11.3 Å². The summed E-state index contributed by atoms with van der Waals surface area (Å²) >= 11 is 3.02. The van der Waals surface area contributed by atoms with Gasteiger partial charge in [0.05, 0.1) is 9.58 Å². The van der Waals surface area contributed by atoms with Crippen LogP contribution in [-0.4, -0.2) is 39.7 Å². The normalized spacial score (nSPS) is 10.9. The molecule has 0 unspecified atom stereocenters. The van der Waals surface area contributed by atoms with Gasteiger partial charge < -0.3 is 15.5 Å². The molecule has 4 aromatic rings. The lowest BCUT2D eigenvalue weighted by molar-refractivity contribution is -0.116. The number of hydrogen-bond acceptors (Lipinski definition) is 7. The Morgan fingerprint density at radius 2 is 1.97 bits per heavy atom. The number of carbonyl (C=O) groups is 2. The van der Waals surface area contributed by atoms with Crippen LogP contribution in [0.1, 0.15) is 29.1 Å². The molecule has 0 fully saturated rings. The summed E-state index contributed by atoms with van der Waals surface area (Å²) in [4.78, 5) is 33.2. The Kier molecular flexibility index (Phi) is 6.81. The molecule has 32 heavy (non-hydrogen) atoms. The van der Waals surface area contributed by atoms with Crippen LogP contribution < -0.4 is 15.5 Å². The van der Waals surface area contributed by atoms with Gasteiger partial charge in [0.25, 0.3) is 5.91 Å². The van der Waals surface area contributed by atoms with Gasteiger partial charge in [0.15, 0.2) is 5.13 Å². The molecular weight excluding hydrogens is 444 g/mol. The molecule has 0 radical (unpaired) electrons. The topological polar surface area (TPSA) is 92.2 Å². The van der Waals surface area contributed by atoms with Crippen molar-refractivity contribution < 1.29 is 9.59 Å². The first-order valence-corrected chi connectivity index (χ1v) is 12.0. The highest BCUT2D eigenvalue weighted by molar-refractivity contribution is 7.29. The standard InChI is InChI=1S/C22H24N6O2S2/c1-3-27(4-2)22-26-21-18(32-22)12-17(31-21)20(30)23-13-15-7-5-8-16(11-15)25-19(29)14-28-10-6-9-24-28/h5-12H,3-4,13-14H2,1-2H3,(H,23,30)(H,25,29). The maximum atomic E-state index is 12.6. The Labute approximate surface area is 193 Å². The van der Waals surface area contributed by atoms with Crippen LogP contribution in [0.3, 0.4) is 0 Å². The Morgan fingerprint density at radius 1 is 1.12 bits per heavy atom. The highest BCUT2D eigenvalue weighted by Gasteiger charge is 2.16. The smallest absolute Gasteiger partial charge is 0.261 e. The predicted molar refractivity (Wildman–Crippen MR) is 130 cm³/mol. The molecule has 2 amide bonds. The number of aromatic nitrogens is 3. The first-order chi connectivity index (χ1) is 15.6.